The smallest absolute Gasteiger partial charge is 0.176 e. The first kappa shape index (κ1) is 13.2. The zero-order valence-corrected chi connectivity index (χ0v) is 11.5. The molecule has 0 aromatic carbocycles. The molecule has 0 amide bonds. The topological polar surface area (TPSA) is 29.9 Å². The first-order chi connectivity index (χ1) is 8.70. The van der Waals surface area contributed by atoms with Crippen molar-refractivity contribution in [2.75, 3.05) is 0 Å². The molecule has 0 aliphatic rings. The van der Waals surface area contributed by atoms with Gasteiger partial charge in [0, 0.05) is 30.2 Å². The molecule has 18 heavy (non-hydrogen) atoms. The van der Waals surface area contributed by atoms with Crippen LogP contribution in [0.1, 0.15) is 36.9 Å². The highest BCUT2D eigenvalue weighted by Crippen LogP contribution is 2.15. The molecule has 0 aliphatic heterocycles. The highest BCUT2D eigenvalue weighted by molar-refractivity contribution is 7.10. The molecule has 1 N–H and O–H groups in total. The van der Waals surface area contributed by atoms with Gasteiger partial charge < -0.3 is 5.32 Å². The van der Waals surface area contributed by atoms with Gasteiger partial charge in [-0.2, -0.15) is 9.49 Å². The van der Waals surface area contributed by atoms with Crippen LogP contribution < -0.4 is 5.32 Å². The summed E-state index contributed by atoms with van der Waals surface area (Å²) in [6.45, 7) is 5.76. The molecule has 2 rings (SSSR count). The number of thiophene rings is 1. The molecule has 5 heteroatoms. The third-order valence-corrected chi connectivity index (χ3v) is 3.87. The summed E-state index contributed by atoms with van der Waals surface area (Å²) in [5.41, 5.74) is 1.17. The zero-order valence-electron chi connectivity index (χ0n) is 10.7. The first-order valence-electron chi connectivity index (χ1n) is 6.18. The number of nitrogens with one attached hydrogen (secondary N) is 1. The number of aromatic nitrogens is 2. The van der Waals surface area contributed by atoms with Crippen LogP contribution >= 0.6 is 11.3 Å². The number of hydrogen-bond donors (Lipinski definition) is 1. The van der Waals surface area contributed by atoms with Crippen LogP contribution in [-0.4, -0.2) is 9.78 Å². The summed E-state index contributed by atoms with van der Waals surface area (Å²) >= 11 is 1.19. The van der Waals surface area contributed by atoms with E-state index in [9.17, 15) is 4.39 Å². The molecule has 0 spiro atoms. The van der Waals surface area contributed by atoms with Crippen LogP contribution in [0.25, 0.3) is 0 Å². The molecule has 0 aliphatic carbocycles. The van der Waals surface area contributed by atoms with Crippen LogP contribution in [0.3, 0.4) is 0 Å². The average Bonchev–Trinajstić information content (AvgIpc) is 2.98. The molecule has 0 bridgehead atoms. The normalized spacial score (nSPS) is 12.8. The number of halogens is 1. The maximum atomic E-state index is 12.8. The van der Waals surface area contributed by atoms with Gasteiger partial charge in [0.2, 0.25) is 0 Å². The number of nitrogens with zero attached hydrogens (tertiary/aromatic N) is 2. The van der Waals surface area contributed by atoms with Gasteiger partial charge in [-0.05, 0) is 31.5 Å². The van der Waals surface area contributed by atoms with Gasteiger partial charge in [0.15, 0.2) is 5.13 Å². The Morgan fingerprint density at radius 3 is 2.89 bits per heavy atom. The maximum absolute atomic E-state index is 12.8. The van der Waals surface area contributed by atoms with E-state index in [1.165, 1.54) is 23.1 Å². The summed E-state index contributed by atoms with van der Waals surface area (Å²) in [4.78, 5) is 1.02. The van der Waals surface area contributed by atoms with Crippen molar-refractivity contribution in [1.82, 2.24) is 15.1 Å². The van der Waals surface area contributed by atoms with Crippen molar-refractivity contribution in [3.63, 3.8) is 0 Å². The molecule has 3 nitrogen and oxygen atoms in total. The molecule has 1 unspecified atom stereocenters. The van der Waals surface area contributed by atoms with Crippen LogP contribution in [0.2, 0.25) is 0 Å². The Hall–Kier alpha value is -1.20. The summed E-state index contributed by atoms with van der Waals surface area (Å²) in [5, 5.41) is 7.53. The van der Waals surface area contributed by atoms with Crippen LogP contribution in [-0.2, 0) is 13.1 Å². The molecule has 2 aromatic heterocycles. The Labute approximate surface area is 111 Å². The van der Waals surface area contributed by atoms with E-state index in [0.29, 0.717) is 12.6 Å². The quantitative estimate of drug-likeness (QED) is 0.870. The van der Waals surface area contributed by atoms with Gasteiger partial charge in [0.25, 0.3) is 0 Å². The van der Waals surface area contributed by atoms with E-state index in [4.69, 9.17) is 0 Å². The predicted octanol–water partition coefficient (Wildman–Crippen LogP) is 3.34. The molecule has 0 saturated heterocycles. The van der Waals surface area contributed by atoms with Gasteiger partial charge >= 0.3 is 0 Å². The van der Waals surface area contributed by atoms with Gasteiger partial charge in [-0.25, -0.2) is 0 Å². The molecule has 0 radical (unpaired) electrons. The summed E-state index contributed by atoms with van der Waals surface area (Å²) in [5.74, 6) is 0. The molecule has 98 valence electrons. The van der Waals surface area contributed by atoms with Crippen molar-refractivity contribution in [3.8, 4) is 0 Å². The fourth-order valence-corrected chi connectivity index (χ4v) is 2.51. The van der Waals surface area contributed by atoms with Gasteiger partial charge in [-0.1, -0.05) is 6.92 Å². The maximum Gasteiger partial charge on any atom is 0.176 e. The van der Waals surface area contributed by atoms with E-state index in [1.807, 2.05) is 23.0 Å². The second-order valence-corrected chi connectivity index (χ2v) is 5.45. The van der Waals surface area contributed by atoms with Crippen LogP contribution in [0.4, 0.5) is 4.39 Å². The Kier molecular flexibility index (Phi) is 4.49. The van der Waals surface area contributed by atoms with Crippen LogP contribution in [0.5, 0.6) is 0 Å². The lowest BCUT2D eigenvalue weighted by Crippen LogP contribution is -2.17. The Morgan fingerprint density at radius 2 is 2.22 bits per heavy atom. The standard InChI is InChI=1S/C13H18FN3S/c1-3-10(2)17-11(6-7-16-17)8-15-9-12-4-5-13(14)18-12/h4-7,10,15H,3,8-9H2,1-2H3. The Bertz CT molecular complexity index is 492. The minimum Gasteiger partial charge on any atom is -0.306 e. The van der Waals surface area contributed by atoms with E-state index in [2.05, 4.69) is 24.3 Å². The van der Waals surface area contributed by atoms with Gasteiger partial charge in [-0.3, -0.25) is 4.68 Å². The zero-order chi connectivity index (χ0) is 13.0. The van der Waals surface area contributed by atoms with E-state index >= 15 is 0 Å². The number of rotatable bonds is 6. The van der Waals surface area contributed by atoms with E-state index in [-0.39, 0.29) is 5.13 Å². The summed E-state index contributed by atoms with van der Waals surface area (Å²) < 4.78 is 14.9. The third kappa shape index (κ3) is 3.17. The van der Waals surface area contributed by atoms with Gasteiger partial charge in [0.1, 0.15) is 0 Å². The molecule has 0 saturated carbocycles. The summed E-state index contributed by atoms with van der Waals surface area (Å²) in [6.07, 6.45) is 2.89. The molecule has 1 atom stereocenters. The predicted molar refractivity (Wildman–Crippen MR) is 72.0 cm³/mol. The summed E-state index contributed by atoms with van der Waals surface area (Å²) in [6, 6.07) is 5.76. The average molecular weight is 267 g/mol. The van der Waals surface area contributed by atoms with Gasteiger partial charge in [-0.15, -0.1) is 11.3 Å². The van der Waals surface area contributed by atoms with E-state index in [1.54, 1.807) is 0 Å². The van der Waals surface area contributed by atoms with Crippen molar-refractivity contribution in [2.24, 2.45) is 0 Å². The van der Waals surface area contributed by atoms with Crippen LogP contribution in [0.15, 0.2) is 24.4 Å². The van der Waals surface area contributed by atoms with E-state index in [0.717, 1.165) is 17.8 Å². The highest BCUT2D eigenvalue weighted by atomic mass is 32.1. The fourth-order valence-electron chi connectivity index (χ4n) is 1.81. The van der Waals surface area contributed by atoms with Crippen LogP contribution in [0, 0.1) is 5.13 Å². The summed E-state index contributed by atoms with van der Waals surface area (Å²) in [7, 11) is 0. The largest absolute Gasteiger partial charge is 0.306 e. The highest BCUT2D eigenvalue weighted by Gasteiger charge is 2.08. The molecule has 2 aromatic rings. The van der Waals surface area contributed by atoms with Crippen molar-refractivity contribution in [3.05, 3.63) is 40.1 Å². The van der Waals surface area contributed by atoms with Crippen molar-refractivity contribution >= 4 is 11.3 Å². The monoisotopic (exact) mass is 267 g/mol. The SMILES string of the molecule is CCC(C)n1nccc1CNCc1ccc(F)s1. The Balaban J connectivity index is 1.88. The van der Waals surface area contributed by atoms with E-state index < -0.39 is 0 Å². The molecule has 2 heterocycles. The third-order valence-electron chi connectivity index (χ3n) is 2.99. The Morgan fingerprint density at radius 1 is 1.39 bits per heavy atom. The molecular weight excluding hydrogens is 249 g/mol. The number of hydrogen-bond acceptors (Lipinski definition) is 3. The van der Waals surface area contributed by atoms with Gasteiger partial charge in [0.05, 0.1) is 5.69 Å². The second kappa shape index (κ2) is 6.11. The second-order valence-electron chi connectivity index (χ2n) is 4.33. The fraction of sp³-hybridized carbons (Fsp3) is 0.462. The van der Waals surface area contributed by atoms with Crippen molar-refractivity contribution in [2.45, 2.75) is 39.4 Å². The lowest BCUT2D eigenvalue weighted by Gasteiger charge is -2.13. The lowest BCUT2D eigenvalue weighted by atomic mass is 10.2. The minimum absolute atomic E-state index is 0.128. The minimum atomic E-state index is -0.128. The molecule has 0 fully saturated rings. The van der Waals surface area contributed by atoms with Crippen molar-refractivity contribution < 1.29 is 4.39 Å². The lowest BCUT2D eigenvalue weighted by molar-refractivity contribution is 0.452. The first-order valence-corrected chi connectivity index (χ1v) is 6.99. The molecular formula is C13H18FN3S. The van der Waals surface area contributed by atoms with Crippen molar-refractivity contribution in [1.29, 1.82) is 0 Å².